The Morgan fingerprint density at radius 3 is 2.58 bits per heavy atom. The third kappa shape index (κ3) is 5.42. The summed E-state index contributed by atoms with van der Waals surface area (Å²) < 4.78 is 5.43. The summed E-state index contributed by atoms with van der Waals surface area (Å²) in [5, 5.41) is 8.45. The number of nitrogens with one attached hydrogen (secondary N) is 2. The molecule has 0 radical (unpaired) electrons. The topological polar surface area (TPSA) is 59.1 Å². The molecule has 26 heavy (non-hydrogen) atoms. The fourth-order valence-electron chi connectivity index (χ4n) is 3.67. The number of hydrogen-bond donors (Lipinski definition) is 2. The van der Waals surface area contributed by atoms with Gasteiger partial charge in [-0.1, -0.05) is 25.7 Å². The van der Waals surface area contributed by atoms with E-state index in [0.29, 0.717) is 12.1 Å². The molecule has 3 heterocycles. The van der Waals surface area contributed by atoms with Crippen molar-refractivity contribution in [2.24, 2.45) is 0 Å². The van der Waals surface area contributed by atoms with E-state index in [1.54, 1.807) is 17.7 Å². The average molecular weight is 419 g/mol. The van der Waals surface area contributed by atoms with Crippen LogP contribution in [0.4, 0.5) is 5.82 Å². The van der Waals surface area contributed by atoms with Crippen molar-refractivity contribution in [2.75, 3.05) is 18.5 Å². The van der Waals surface area contributed by atoms with E-state index in [0.717, 1.165) is 36.8 Å². The molecule has 2 N–H and O–H groups in total. The number of halogens is 2. The number of ether oxygens (including phenoxy) is 1. The first-order valence-electron chi connectivity index (χ1n) is 9.19. The molecule has 0 bridgehead atoms. The monoisotopic (exact) mass is 418 g/mol. The molecule has 2 fully saturated rings. The minimum atomic E-state index is 0. The first-order valence-corrected chi connectivity index (χ1v) is 10.0. The fraction of sp³-hybridized carbons (Fsp3) is 0.667. The SMILES string of the molecule is Cl.Cl.c1nc(NC2CCCCCC2)c2cc(CN[C@@H]3CCOC3)sc2n1. The zero-order valence-corrected chi connectivity index (χ0v) is 17.4. The van der Waals surface area contributed by atoms with Gasteiger partial charge in [-0.3, -0.25) is 0 Å². The van der Waals surface area contributed by atoms with E-state index < -0.39 is 0 Å². The van der Waals surface area contributed by atoms with Crippen LogP contribution in [-0.4, -0.2) is 35.3 Å². The van der Waals surface area contributed by atoms with Crippen LogP contribution < -0.4 is 10.6 Å². The maximum Gasteiger partial charge on any atom is 0.138 e. The van der Waals surface area contributed by atoms with Crippen LogP contribution in [0, 0.1) is 0 Å². The zero-order valence-electron chi connectivity index (χ0n) is 14.9. The maximum absolute atomic E-state index is 5.43. The molecule has 8 heteroatoms. The molecule has 0 unspecified atom stereocenters. The molecule has 146 valence electrons. The largest absolute Gasteiger partial charge is 0.380 e. The molecule has 1 aliphatic heterocycles. The lowest BCUT2D eigenvalue weighted by molar-refractivity contribution is 0.190. The summed E-state index contributed by atoms with van der Waals surface area (Å²) in [5.41, 5.74) is 0. The van der Waals surface area contributed by atoms with Gasteiger partial charge in [0.25, 0.3) is 0 Å². The van der Waals surface area contributed by atoms with Crippen molar-refractivity contribution in [3.05, 3.63) is 17.3 Å². The lowest BCUT2D eigenvalue weighted by Gasteiger charge is -2.17. The second-order valence-electron chi connectivity index (χ2n) is 6.93. The van der Waals surface area contributed by atoms with Crippen LogP contribution in [-0.2, 0) is 11.3 Å². The standard InChI is InChI=1S/C18H26N4OS.2ClH/c1-2-4-6-13(5-3-1)22-17-16-9-15(24-18(16)21-12-20-17)10-19-14-7-8-23-11-14;;/h9,12-14,19H,1-8,10-11H2,(H,20,21,22);2*1H/t14-;;/m1../s1. The Morgan fingerprint density at radius 2 is 1.85 bits per heavy atom. The normalized spacial score (nSPS) is 21.0. The number of thiophene rings is 1. The van der Waals surface area contributed by atoms with Gasteiger partial charge in [0.2, 0.25) is 0 Å². The first-order chi connectivity index (χ1) is 11.9. The predicted octanol–water partition coefficient (Wildman–Crippen LogP) is 4.55. The first kappa shape index (κ1) is 21.6. The van der Waals surface area contributed by atoms with Gasteiger partial charge >= 0.3 is 0 Å². The molecule has 0 aromatic carbocycles. The molecule has 1 aliphatic carbocycles. The van der Waals surface area contributed by atoms with Gasteiger partial charge in [-0.25, -0.2) is 9.97 Å². The molecular weight excluding hydrogens is 391 g/mol. The molecule has 2 aromatic rings. The molecule has 0 amide bonds. The molecule has 0 spiro atoms. The summed E-state index contributed by atoms with van der Waals surface area (Å²) in [7, 11) is 0. The molecular formula is C18H28Cl2N4OS. The fourth-order valence-corrected chi connectivity index (χ4v) is 4.61. The summed E-state index contributed by atoms with van der Waals surface area (Å²) in [6, 6.07) is 3.30. The van der Waals surface area contributed by atoms with Crippen LogP contribution in [0.15, 0.2) is 12.4 Å². The van der Waals surface area contributed by atoms with Crippen LogP contribution >= 0.6 is 36.2 Å². The lowest BCUT2D eigenvalue weighted by atomic mass is 10.1. The Hall–Kier alpha value is -0.660. The van der Waals surface area contributed by atoms with Crippen molar-refractivity contribution in [1.82, 2.24) is 15.3 Å². The van der Waals surface area contributed by atoms with Gasteiger partial charge in [-0.2, -0.15) is 0 Å². The Balaban J connectivity index is 0.00000121. The van der Waals surface area contributed by atoms with Crippen LogP contribution in [0.5, 0.6) is 0 Å². The summed E-state index contributed by atoms with van der Waals surface area (Å²) in [6.07, 6.45) is 10.7. The predicted molar refractivity (Wildman–Crippen MR) is 113 cm³/mol. The van der Waals surface area contributed by atoms with Gasteiger partial charge in [0.1, 0.15) is 17.0 Å². The highest BCUT2D eigenvalue weighted by Crippen LogP contribution is 2.30. The molecule has 4 rings (SSSR count). The summed E-state index contributed by atoms with van der Waals surface area (Å²) in [6.45, 7) is 2.60. The van der Waals surface area contributed by atoms with Crippen molar-refractivity contribution in [3.63, 3.8) is 0 Å². The molecule has 5 nitrogen and oxygen atoms in total. The van der Waals surface area contributed by atoms with E-state index in [2.05, 4.69) is 26.7 Å². The van der Waals surface area contributed by atoms with E-state index in [1.807, 2.05) is 0 Å². The summed E-state index contributed by atoms with van der Waals surface area (Å²) >= 11 is 1.77. The van der Waals surface area contributed by atoms with E-state index in [9.17, 15) is 0 Å². The minimum Gasteiger partial charge on any atom is -0.380 e. The summed E-state index contributed by atoms with van der Waals surface area (Å²) in [4.78, 5) is 11.4. The van der Waals surface area contributed by atoms with Crippen molar-refractivity contribution in [1.29, 1.82) is 0 Å². The third-order valence-electron chi connectivity index (χ3n) is 5.07. The van der Waals surface area contributed by atoms with Crippen molar-refractivity contribution in [2.45, 2.75) is 63.6 Å². The van der Waals surface area contributed by atoms with Crippen molar-refractivity contribution >= 4 is 52.2 Å². The zero-order chi connectivity index (χ0) is 16.2. The van der Waals surface area contributed by atoms with Gasteiger partial charge in [0.05, 0.1) is 12.0 Å². The van der Waals surface area contributed by atoms with Crippen LogP contribution in [0.2, 0.25) is 0 Å². The average Bonchev–Trinajstić information content (AvgIpc) is 3.18. The van der Waals surface area contributed by atoms with Gasteiger partial charge in [-0.05, 0) is 25.3 Å². The second-order valence-corrected chi connectivity index (χ2v) is 8.04. The van der Waals surface area contributed by atoms with Crippen LogP contribution in [0.1, 0.15) is 49.8 Å². The quantitative estimate of drug-likeness (QED) is 0.697. The molecule has 1 atom stereocenters. The van der Waals surface area contributed by atoms with E-state index in [-0.39, 0.29) is 24.8 Å². The second kappa shape index (κ2) is 10.6. The van der Waals surface area contributed by atoms with Gasteiger partial charge in [0.15, 0.2) is 0 Å². The Labute approximate surface area is 171 Å². The number of rotatable bonds is 5. The third-order valence-corrected chi connectivity index (χ3v) is 6.11. The molecule has 1 saturated heterocycles. The highest BCUT2D eigenvalue weighted by atomic mass is 35.5. The highest BCUT2D eigenvalue weighted by molar-refractivity contribution is 7.18. The van der Waals surface area contributed by atoms with Gasteiger partial charge in [0, 0.05) is 30.1 Å². The Morgan fingerprint density at radius 1 is 1.04 bits per heavy atom. The molecule has 1 saturated carbocycles. The summed E-state index contributed by atoms with van der Waals surface area (Å²) in [5.74, 6) is 1.01. The smallest absolute Gasteiger partial charge is 0.138 e. The van der Waals surface area contributed by atoms with Crippen molar-refractivity contribution in [3.8, 4) is 0 Å². The maximum atomic E-state index is 5.43. The van der Waals surface area contributed by atoms with Crippen LogP contribution in [0.25, 0.3) is 10.2 Å². The van der Waals surface area contributed by atoms with E-state index >= 15 is 0 Å². The number of nitrogens with zero attached hydrogens (tertiary/aromatic N) is 2. The Kier molecular flexibility index (Phi) is 8.84. The van der Waals surface area contributed by atoms with Gasteiger partial charge < -0.3 is 15.4 Å². The Bertz CT molecular complexity index is 670. The van der Waals surface area contributed by atoms with E-state index in [1.165, 1.54) is 48.8 Å². The van der Waals surface area contributed by atoms with E-state index in [4.69, 9.17) is 4.74 Å². The van der Waals surface area contributed by atoms with Crippen molar-refractivity contribution < 1.29 is 4.74 Å². The number of hydrogen-bond acceptors (Lipinski definition) is 6. The minimum absolute atomic E-state index is 0. The van der Waals surface area contributed by atoms with Crippen LogP contribution in [0.3, 0.4) is 0 Å². The molecule has 2 aliphatic rings. The number of anilines is 1. The molecule has 2 aromatic heterocycles. The number of fused-ring (bicyclic) bond motifs is 1. The highest BCUT2D eigenvalue weighted by Gasteiger charge is 2.17. The van der Waals surface area contributed by atoms with Gasteiger partial charge in [-0.15, -0.1) is 36.2 Å². The lowest BCUT2D eigenvalue weighted by Crippen LogP contribution is -2.28. The number of aromatic nitrogens is 2.